The topological polar surface area (TPSA) is 69.0 Å². The lowest BCUT2D eigenvalue weighted by Gasteiger charge is -2.57. The van der Waals surface area contributed by atoms with E-state index in [2.05, 4.69) is 15.5 Å². The number of methoxy groups -OCH3 is 1. The van der Waals surface area contributed by atoms with Crippen molar-refractivity contribution >= 4 is 17.7 Å². The molecule has 7 heteroatoms. The molecule has 160 valence electrons. The second-order valence-electron chi connectivity index (χ2n) is 9.49. The molecule has 0 spiro atoms. The Kier molecular flexibility index (Phi) is 5.48. The minimum atomic E-state index is 0.0778. The first kappa shape index (κ1) is 19.9. The van der Waals surface area contributed by atoms with Crippen LogP contribution >= 0.6 is 11.8 Å². The van der Waals surface area contributed by atoms with Crippen LogP contribution in [0.2, 0.25) is 0 Å². The summed E-state index contributed by atoms with van der Waals surface area (Å²) in [5, 5.41) is 12.1. The summed E-state index contributed by atoms with van der Waals surface area (Å²) in [6.07, 6.45) is 11.4. The molecule has 1 aromatic heterocycles. The summed E-state index contributed by atoms with van der Waals surface area (Å²) in [4.78, 5) is 12.4. The molecule has 0 atom stereocenters. The van der Waals surface area contributed by atoms with E-state index in [1.165, 1.54) is 50.3 Å². The van der Waals surface area contributed by atoms with Crippen LogP contribution in [0.1, 0.15) is 44.9 Å². The molecule has 1 heterocycles. The van der Waals surface area contributed by atoms with Crippen LogP contribution < -0.4 is 10.1 Å². The molecule has 1 N–H and O–H groups in total. The molecule has 4 aliphatic rings. The fraction of sp³-hybridized carbons (Fsp3) is 0.609. The maximum Gasteiger partial charge on any atom is 0.230 e. The maximum atomic E-state index is 12.4. The zero-order chi connectivity index (χ0) is 20.6. The number of amides is 1. The van der Waals surface area contributed by atoms with E-state index in [1.807, 2.05) is 28.8 Å². The second-order valence-corrected chi connectivity index (χ2v) is 10.4. The predicted molar refractivity (Wildman–Crippen MR) is 117 cm³/mol. The Labute approximate surface area is 182 Å². The Morgan fingerprint density at radius 2 is 1.83 bits per heavy atom. The van der Waals surface area contributed by atoms with Gasteiger partial charge in [0.15, 0.2) is 5.16 Å². The van der Waals surface area contributed by atoms with Crippen LogP contribution in [0, 0.1) is 23.2 Å². The van der Waals surface area contributed by atoms with E-state index >= 15 is 0 Å². The van der Waals surface area contributed by atoms with Gasteiger partial charge in [0, 0.05) is 12.2 Å². The van der Waals surface area contributed by atoms with Gasteiger partial charge in [-0.2, -0.15) is 0 Å². The number of nitrogens with zero attached hydrogens (tertiary/aromatic N) is 3. The van der Waals surface area contributed by atoms with E-state index in [0.717, 1.165) is 47.3 Å². The third-order valence-electron chi connectivity index (χ3n) is 7.34. The zero-order valence-corrected chi connectivity index (χ0v) is 18.4. The fourth-order valence-corrected chi connectivity index (χ4v) is 7.25. The standard InChI is InChI=1S/C23H30N4O2S/c1-29-20-4-2-19(3-5-20)27-15-25-26-22(27)30-14-21(28)24-7-6-23-11-16-8-17(12-23)10-18(9-16)13-23/h2-5,15-18H,6-14H2,1H3,(H,24,28). The number of carbonyl (C=O) groups is 1. The fourth-order valence-electron chi connectivity index (χ4n) is 6.49. The first-order valence-corrected chi connectivity index (χ1v) is 12.0. The lowest BCUT2D eigenvalue weighted by Crippen LogP contribution is -2.47. The minimum absolute atomic E-state index is 0.0778. The first-order chi connectivity index (χ1) is 14.6. The van der Waals surface area contributed by atoms with Gasteiger partial charge in [-0.3, -0.25) is 9.36 Å². The van der Waals surface area contributed by atoms with Crippen molar-refractivity contribution in [1.29, 1.82) is 0 Å². The summed E-state index contributed by atoms with van der Waals surface area (Å²) >= 11 is 1.42. The first-order valence-electron chi connectivity index (χ1n) is 11.1. The van der Waals surface area contributed by atoms with Crippen molar-refractivity contribution in [2.24, 2.45) is 23.2 Å². The van der Waals surface area contributed by atoms with Crippen LogP contribution in [0.4, 0.5) is 0 Å². The van der Waals surface area contributed by atoms with Crippen LogP contribution in [0.5, 0.6) is 5.75 Å². The van der Waals surface area contributed by atoms with Gasteiger partial charge in [0.2, 0.25) is 5.91 Å². The lowest BCUT2D eigenvalue weighted by molar-refractivity contribution is -0.119. The van der Waals surface area contributed by atoms with Gasteiger partial charge in [-0.05, 0) is 92.4 Å². The number of benzene rings is 1. The molecule has 0 saturated heterocycles. The third kappa shape index (κ3) is 4.09. The SMILES string of the molecule is COc1ccc(-n2cnnc2SCC(=O)NCCC23CC4CC(CC(C4)C2)C3)cc1. The van der Waals surface area contributed by atoms with Crippen LogP contribution in [-0.2, 0) is 4.79 Å². The number of rotatable bonds is 8. The van der Waals surface area contributed by atoms with Gasteiger partial charge >= 0.3 is 0 Å². The van der Waals surface area contributed by atoms with E-state index in [1.54, 1.807) is 13.4 Å². The number of hydrogen-bond donors (Lipinski definition) is 1. The number of nitrogens with one attached hydrogen (secondary N) is 1. The molecular weight excluding hydrogens is 396 g/mol. The van der Waals surface area contributed by atoms with Crippen molar-refractivity contribution in [3.05, 3.63) is 30.6 Å². The Bertz CT molecular complexity index is 860. The molecule has 4 fully saturated rings. The van der Waals surface area contributed by atoms with Crippen LogP contribution in [0.3, 0.4) is 0 Å². The number of thioether (sulfide) groups is 1. The second kappa shape index (κ2) is 8.25. The van der Waals surface area contributed by atoms with Gasteiger partial charge < -0.3 is 10.1 Å². The zero-order valence-electron chi connectivity index (χ0n) is 17.5. The molecule has 1 amide bonds. The van der Waals surface area contributed by atoms with Crippen molar-refractivity contribution in [3.63, 3.8) is 0 Å². The molecule has 0 aliphatic heterocycles. The lowest BCUT2D eigenvalue weighted by atomic mass is 9.49. The normalized spacial score (nSPS) is 29.2. The summed E-state index contributed by atoms with van der Waals surface area (Å²) < 4.78 is 7.11. The van der Waals surface area contributed by atoms with Crippen molar-refractivity contribution in [3.8, 4) is 11.4 Å². The van der Waals surface area contributed by atoms with Crippen LogP contribution in [-0.4, -0.2) is 40.1 Å². The highest BCUT2D eigenvalue weighted by atomic mass is 32.2. The summed E-state index contributed by atoms with van der Waals surface area (Å²) in [6.45, 7) is 0.802. The number of carbonyl (C=O) groups excluding carboxylic acids is 1. The molecule has 1 aromatic carbocycles. The minimum Gasteiger partial charge on any atom is -0.497 e. The third-order valence-corrected chi connectivity index (χ3v) is 8.29. The Balaban J connectivity index is 1.11. The number of aromatic nitrogens is 3. The highest BCUT2D eigenvalue weighted by Gasteiger charge is 2.50. The molecular formula is C23H30N4O2S. The van der Waals surface area contributed by atoms with Crippen LogP contribution in [0.15, 0.2) is 35.7 Å². The summed E-state index contributed by atoms with van der Waals surface area (Å²) in [7, 11) is 1.65. The maximum absolute atomic E-state index is 12.4. The van der Waals surface area contributed by atoms with E-state index in [-0.39, 0.29) is 5.91 Å². The monoisotopic (exact) mass is 426 g/mol. The number of ether oxygens (including phenoxy) is 1. The number of hydrogen-bond acceptors (Lipinski definition) is 5. The summed E-state index contributed by atoms with van der Waals surface area (Å²) in [6, 6.07) is 7.72. The largest absolute Gasteiger partial charge is 0.497 e. The van der Waals surface area contributed by atoms with E-state index in [0.29, 0.717) is 11.2 Å². The molecule has 6 nitrogen and oxygen atoms in total. The van der Waals surface area contributed by atoms with E-state index in [4.69, 9.17) is 4.74 Å². The summed E-state index contributed by atoms with van der Waals surface area (Å²) in [5.74, 6) is 4.13. The molecule has 30 heavy (non-hydrogen) atoms. The summed E-state index contributed by atoms with van der Waals surface area (Å²) in [5.41, 5.74) is 1.47. The van der Waals surface area contributed by atoms with Gasteiger partial charge in [0.05, 0.1) is 12.9 Å². The average Bonchev–Trinajstić information content (AvgIpc) is 3.20. The highest BCUT2D eigenvalue weighted by molar-refractivity contribution is 7.99. The van der Waals surface area contributed by atoms with Crippen molar-refractivity contribution in [2.45, 2.75) is 50.1 Å². The molecule has 6 rings (SSSR count). The molecule has 4 saturated carbocycles. The van der Waals surface area contributed by atoms with Gasteiger partial charge in [0.1, 0.15) is 12.1 Å². The van der Waals surface area contributed by atoms with Crippen LogP contribution in [0.25, 0.3) is 5.69 Å². The van der Waals surface area contributed by atoms with Crippen molar-refractivity contribution < 1.29 is 9.53 Å². The Morgan fingerprint density at radius 1 is 1.17 bits per heavy atom. The van der Waals surface area contributed by atoms with E-state index in [9.17, 15) is 4.79 Å². The average molecular weight is 427 g/mol. The van der Waals surface area contributed by atoms with Gasteiger partial charge in [0.25, 0.3) is 0 Å². The smallest absolute Gasteiger partial charge is 0.230 e. The molecule has 0 radical (unpaired) electrons. The predicted octanol–water partition coefficient (Wildman–Crippen LogP) is 4.09. The highest BCUT2D eigenvalue weighted by Crippen LogP contribution is 2.61. The molecule has 4 aliphatic carbocycles. The van der Waals surface area contributed by atoms with Gasteiger partial charge in [-0.1, -0.05) is 11.8 Å². The Morgan fingerprint density at radius 3 is 2.47 bits per heavy atom. The van der Waals surface area contributed by atoms with Gasteiger partial charge in [-0.15, -0.1) is 10.2 Å². The van der Waals surface area contributed by atoms with Crippen molar-refractivity contribution in [1.82, 2.24) is 20.1 Å². The molecule has 4 bridgehead atoms. The Hall–Kier alpha value is -2.02. The molecule has 2 aromatic rings. The molecule has 0 unspecified atom stereocenters. The van der Waals surface area contributed by atoms with E-state index < -0.39 is 0 Å². The van der Waals surface area contributed by atoms with Crippen molar-refractivity contribution in [2.75, 3.05) is 19.4 Å². The quantitative estimate of drug-likeness (QED) is 0.644. The van der Waals surface area contributed by atoms with Gasteiger partial charge in [-0.25, -0.2) is 0 Å².